The second-order valence-corrected chi connectivity index (χ2v) is 8.12. The van der Waals surface area contributed by atoms with Gasteiger partial charge < -0.3 is 9.47 Å². The average Bonchev–Trinajstić information content (AvgIpc) is 3.02. The number of aromatic nitrogens is 1. The van der Waals surface area contributed by atoms with E-state index in [0.717, 1.165) is 10.9 Å². The van der Waals surface area contributed by atoms with E-state index in [1.807, 2.05) is 29.8 Å². The Hall–Kier alpha value is -1.57. The van der Waals surface area contributed by atoms with Gasteiger partial charge in [-0.3, -0.25) is 4.79 Å². The predicted octanol–water partition coefficient (Wildman–Crippen LogP) is 1.58. The lowest BCUT2D eigenvalue weighted by Gasteiger charge is -2.17. The zero-order valence-electron chi connectivity index (χ0n) is 12.7. The molecule has 0 spiro atoms. The molecule has 3 rings (SSSR count). The van der Waals surface area contributed by atoms with Gasteiger partial charge in [-0.15, -0.1) is 0 Å². The molecule has 8 heteroatoms. The Balaban J connectivity index is 1.83. The molecule has 0 saturated carbocycles. The van der Waals surface area contributed by atoms with Crippen molar-refractivity contribution < 1.29 is 13.2 Å². The van der Waals surface area contributed by atoms with Crippen molar-refractivity contribution in [1.29, 1.82) is 0 Å². The molecule has 1 aromatic carbocycles. The van der Waals surface area contributed by atoms with Crippen LogP contribution in [0.5, 0.6) is 0 Å². The standard InChI is InChI=1S/C15H18ClN3O3S/c1-18-13-7-12(16)3-2-11(13)6-14(18)15(20)19-5-4-10(8-19)9-23(17,21)22/h2-3,6-7,10H,4-5,8-9H2,1H3,(H2,17,21,22)/t10-/m1/s1. The highest BCUT2D eigenvalue weighted by Crippen LogP contribution is 2.25. The van der Waals surface area contributed by atoms with Crippen molar-refractivity contribution in [2.45, 2.75) is 6.42 Å². The molecule has 1 atom stereocenters. The van der Waals surface area contributed by atoms with E-state index in [-0.39, 0.29) is 17.6 Å². The largest absolute Gasteiger partial charge is 0.340 e. The fourth-order valence-electron chi connectivity index (χ4n) is 3.15. The van der Waals surface area contributed by atoms with Gasteiger partial charge in [-0.05, 0) is 30.5 Å². The van der Waals surface area contributed by atoms with E-state index in [0.29, 0.717) is 30.2 Å². The number of carbonyl (C=O) groups is 1. The molecule has 1 aliphatic rings. The first kappa shape index (κ1) is 16.3. The maximum absolute atomic E-state index is 12.7. The molecule has 124 valence electrons. The van der Waals surface area contributed by atoms with E-state index in [9.17, 15) is 13.2 Å². The Kier molecular flexibility index (Phi) is 4.12. The van der Waals surface area contributed by atoms with Gasteiger partial charge in [0.05, 0.1) is 5.75 Å². The first-order valence-corrected chi connectivity index (χ1v) is 9.38. The van der Waals surface area contributed by atoms with Crippen LogP contribution in [0.2, 0.25) is 5.02 Å². The van der Waals surface area contributed by atoms with Crippen molar-refractivity contribution in [3.05, 3.63) is 35.0 Å². The van der Waals surface area contributed by atoms with Crippen molar-refractivity contribution in [2.75, 3.05) is 18.8 Å². The summed E-state index contributed by atoms with van der Waals surface area (Å²) in [7, 11) is -1.69. The monoisotopic (exact) mass is 355 g/mol. The molecule has 2 N–H and O–H groups in total. The van der Waals surface area contributed by atoms with Crippen molar-refractivity contribution in [3.8, 4) is 0 Å². The van der Waals surface area contributed by atoms with Crippen molar-refractivity contribution in [1.82, 2.24) is 9.47 Å². The maximum Gasteiger partial charge on any atom is 0.270 e. The number of nitrogens with zero attached hydrogens (tertiary/aromatic N) is 2. The van der Waals surface area contributed by atoms with Gasteiger partial charge in [0.2, 0.25) is 10.0 Å². The first-order valence-electron chi connectivity index (χ1n) is 7.29. The SMILES string of the molecule is Cn1c(C(=O)N2CC[C@@H](CS(N)(=O)=O)C2)cc2ccc(Cl)cc21. The van der Waals surface area contributed by atoms with Gasteiger partial charge in [-0.2, -0.15) is 0 Å². The van der Waals surface area contributed by atoms with E-state index in [1.54, 1.807) is 11.0 Å². The third kappa shape index (κ3) is 3.36. The predicted molar refractivity (Wildman–Crippen MR) is 89.9 cm³/mol. The molecule has 1 aromatic heterocycles. The van der Waals surface area contributed by atoms with Crippen LogP contribution in [-0.4, -0.2) is 42.6 Å². The van der Waals surface area contributed by atoms with Gasteiger partial charge in [0.25, 0.3) is 5.91 Å². The minimum Gasteiger partial charge on any atom is -0.340 e. The summed E-state index contributed by atoms with van der Waals surface area (Å²) in [6.45, 7) is 0.957. The number of sulfonamides is 1. The molecule has 23 heavy (non-hydrogen) atoms. The number of halogens is 1. The summed E-state index contributed by atoms with van der Waals surface area (Å²) in [5, 5.41) is 6.65. The number of nitrogens with two attached hydrogens (primary N) is 1. The number of aryl methyl sites for hydroxylation is 1. The van der Waals surface area contributed by atoms with Gasteiger partial charge in [-0.25, -0.2) is 13.6 Å². The summed E-state index contributed by atoms with van der Waals surface area (Å²) in [5.74, 6) is -0.281. The topological polar surface area (TPSA) is 85.4 Å². The number of likely N-dealkylation sites (tertiary alicyclic amines) is 1. The van der Waals surface area contributed by atoms with Gasteiger partial charge in [-0.1, -0.05) is 17.7 Å². The molecule has 0 aliphatic carbocycles. The molecular formula is C15H18ClN3O3S. The summed E-state index contributed by atoms with van der Waals surface area (Å²) in [6, 6.07) is 7.32. The van der Waals surface area contributed by atoms with E-state index in [2.05, 4.69) is 0 Å². The molecule has 1 amide bonds. The molecule has 2 heterocycles. The van der Waals surface area contributed by atoms with Crippen LogP contribution in [0.3, 0.4) is 0 Å². The third-order valence-electron chi connectivity index (χ3n) is 4.27. The second kappa shape index (κ2) is 5.81. The molecule has 1 aliphatic heterocycles. The number of benzene rings is 1. The van der Waals surface area contributed by atoms with Gasteiger partial charge >= 0.3 is 0 Å². The number of fused-ring (bicyclic) bond motifs is 1. The fourth-order valence-corrected chi connectivity index (χ4v) is 4.25. The van der Waals surface area contributed by atoms with Crippen LogP contribution >= 0.6 is 11.6 Å². The van der Waals surface area contributed by atoms with Crippen LogP contribution in [0, 0.1) is 5.92 Å². The number of rotatable bonds is 3. The number of hydrogen-bond acceptors (Lipinski definition) is 3. The molecule has 0 unspecified atom stereocenters. The van der Waals surface area contributed by atoms with E-state index in [4.69, 9.17) is 16.7 Å². The highest BCUT2D eigenvalue weighted by atomic mass is 35.5. The summed E-state index contributed by atoms with van der Waals surface area (Å²) in [6.07, 6.45) is 0.651. The zero-order valence-corrected chi connectivity index (χ0v) is 14.3. The molecule has 1 saturated heterocycles. The van der Waals surface area contributed by atoms with E-state index >= 15 is 0 Å². The summed E-state index contributed by atoms with van der Waals surface area (Å²) < 4.78 is 24.2. The molecule has 1 fully saturated rings. The molecule has 2 aromatic rings. The zero-order chi connectivity index (χ0) is 16.8. The first-order chi connectivity index (χ1) is 10.7. The van der Waals surface area contributed by atoms with E-state index in [1.165, 1.54) is 0 Å². The van der Waals surface area contributed by atoms with Crippen LogP contribution < -0.4 is 5.14 Å². The van der Waals surface area contributed by atoms with Crippen LogP contribution in [-0.2, 0) is 17.1 Å². The quantitative estimate of drug-likeness (QED) is 0.907. The van der Waals surface area contributed by atoms with Gasteiger partial charge in [0.15, 0.2) is 0 Å². The Morgan fingerprint density at radius 2 is 2.13 bits per heavy atom. The summed E-state index contributed by atoms with van der Waals surface area (Å²) in [4.78, 5) is 14.4. The highest BCUT2D eigenvalue weighted by molar-refractivity contribution is 7.89. The normalized spacial score (nSPS) is 18.7. The van der Waals surface area contributed by atoms with Crippen LogP contribution in [0.15, 0.2) is 24.3 Å². The second-order valence-electron chi connectivity index (χ2n) is 6.03. The average molecular weight is 356 g/mol. The Labute approximate surface area is 139 Å². The minimum atomic E-state index is -3.51. The molecule has 0 bridgehead atoms. The van der Waals surface area contributed by atoms with Crippen molar-refractivity contribution >= 4 is 38.4 Å². The maximum atomic E-state index is 12.7. The summed E-state index contributed by atoms with van der Waals surface area (Å²) >= 11 is 6.01. The fraction of sp³-hybridized carbons (Fsp3) is 0.400. The lowest BCUT2D eigenvalue weighted by molar-refractivity contribution is 0.0779. The Bertz CT molecular complexity index is 875. The van der Waals surface area contributed by atoms with Crippen molar-refractivity contribution in [3.63, 3.8) is 0 Å². The minimum absolute atomic E-state index is 0.0818. The third-order valence-corrected chi connectivity index (χ3v) is 5.44. The van der Waals surface area contributed by atoms with Gasteiger partial charge in [0.1, 0.15) is 5.69 Å². The van der Waals surface area contributed by atoms with Crippen LogP contribution in [0.1, 0.15) is 16.9 Å². The van der Waals surface area contributed by atoms with Crippen LogP contribution in [0.4, 0.5) is 0 Å². The number of amides is 1. The molecule has 0 radical (unpaired) electrons. The number of primary sulfonamides is 1. The lowest BCUT2D eigenvalue weighted by Crippen LogP contribution is -2.31. The Morgan fingerprint density at radius 1 is 1.39 bits per heavy atom. The van der Waals surface area contributed by atoms with Crippen molar-refractivity contribution in [2.24, 2.45) is 18.1 Å². The van der Waals surface area contributed by atoms with Crippen LogP contribution in [0.25, 0.3) is 10.9 Å². The van der Waals surface area contributed by atoms with Gasteiger partial charge in [0, 0.05) is 36.1 Å². The highest BCUT2D eigenvalue weighted by Gasteiger charge is 2.30. The molecule has 6 nitrogen and oxygen atoms in total. The lowest BCUT2D eigenvalue weighted by atomic mass is 10.2. The summed E-state index contributed by atoms with van der Waals surface area (Å²) in [5.41, 5.74) is 1.46. The number of carbonyl (C=O) groups excluding carboxylic acids is 1. The number of hydrogen-bond donors (Lipinski definition) is 1. The smallest absolute Gasteiger partial charge is 0.270 e. The Morgan fingerprint density at radius 3 is 2.83 bits per heavy atom. The van der Waals surface area contributed by atoms with E-state index < -0.39 is 10.0 Å². The molecular weight excluding hydrogens is 338 g/mol.